The van der Waals surface area contributed by atoms with Gasteiger partial charge in [-0.05, 0) is 56.2 Å². The molecule has 8 nitrogen and oxygen atoms in total. The van der Waals surface area contributed by atoms with Crippen LogP contribution in [0.25, 0.3) is 0 Å². The average Bonchev–Trinajstić information content (AvgIpc) is 3.37. The summed E-state index contributed by atoms with van der Waals surface area (Å²) in [5.41, 5.74) is 2.42. The second-order valence-corrected chi connectivity index (χ2v) is 9.95. The molecule has 1 N–H and O–H groups in total. The number of sulfonamides is 1. The number of hydrogen-bond donors (Lipinski definition) is 1. The third-order valence-electron chi connectivity index (χ3n) is 5.03. The van der Waals surface area contributed by atoms with Crippen LogP contribution in [0.3, 0.4) is 0 Å². The Kier molecular flexibility index (Phi) is 5.98. The molecule has 2 aromatic carbocycles. The van der Waals surface area contributed by atoms with Crippen LogP contribution in [0.1, 0.15) is 38.2 Å². The van der Waals surface area contributed by atoms with Gasteiger partial charge in [0.15, 0.2) is 5.13 Å². The number of rotatable bonds is 6. The topological polar surface area (TPSA) is 106 Å². The number of nitrogens with zero attached hydrogens (tertiary/aromatic N) is 2. The fourth-order valence-electron chi connectivity index (χ4n) is 3.47. The van der Waals surface area contributed by atoms with E-state index in [1.807, 2.05) is 18.2 Å². The van der Waals surface area contributed by atoms with Crippen molar-refractivity contribution in [2.75, 3.05) is 22.8 Å². The molecule has 0 aliphatic carbocycles. The van der Waals surface area contributed by atoms with E-state index in [9.17, 15) is 18.0 Å². The highest BCUT2D eigenvalue weighted by Crippen LogP contribution is 2.32. The molecule has 2 heterocycles. The Morgan fingerprint density at radius 1 is 1.16 bits per heavy atom. The number of aryl methyl sites for hydroxylation is 1. The molecule has 4 rings (SSSR count). The molecule has 1 aliphatic rings. The second-order valence-electron chi connectivity index (χ2n) is 7.09. The van der Waals surface area contributed by atoms with E-state index in [0.29, 0.717) is 29.2 Å². The number of ether oxygens (including phenoxy) is 1. The predicted octanol–water partition coefficient (Wildman–Crippen LogP) is 3.63. The van der Waals surface area contributed by atoms with Crippen molar-refractivity contribution in [2.45, 2.75) is 25.2 Å². The summed E-state index contributed by atoms with van der Waals surface area (Å²) < 4.78 is 32.6. The number of fused-ring (bicyclic) bond motifs is 1. The molecule has 0 unspecified atom stereocenters. The third-order valence-corrected chi connectivity index (χ3v) is 7.91. The number of aromatic nitrogens is 1. The molecule has 32 heavy (non-hydrogen) atoms. The van der Waals surface area contributed by atoms with Gasteiger partial charge in [-0.1, -0.05) is 29.5 Å². The van der Waals surface area contributed by atoms with Gasteiger partial charge < -0.3 is 4.74 Å². The van der Waals surface area contributed by atoms with E-state index in [0.717, 1.165) is 16.9 Å². The summed E-state index contributed by atoms with van der Waals surface area (Å²) in [4.78, 5) is 29.2. The van der Waals surface area contributed by atoms with Gasteiger partial charge in [0.25, 0.3) is 15.9 Å². The molecule has 0 saturated carbocycles. The number of carbonyl (C=O) groups excluding carboxylic acids is 2. The van der Waals surface area contributed by atoms with E-state index >= 15 is 0 Å². The molecule has 1 aromatic heterocycles. The van der Waals surface area contributed by atoms with E-state index in [4.69, 9.17) is 4.74 Å². The van der Waals surface area contributed by atoms with Crippen LogP contribution in [0.5, 0.6) is 0 Å². The second kappa shape index (κ2) is 8.71. The van der Waals surface area contributed by atoms with E-state index in [1.54, 1.807) is 19.9 Å². The van der Waals surface area contributed by atoms with Crippen LogP contribution in [0, 0.1) is 6.92 Å². The van der Waals surface area contributed by atoms with E-state index in [-0.39, 0.29) is 22.2 Å². The Morgan fingerprint density at radius 3 is 2.59 bits per heavy atom. The van der Waals surface area contributed by atoms with Crippen molar-refractivity contribution >= 4 is 44.1 Å². The monoisotopic (exact) mass is 471 g/mol. The fourth-order valence-corrected chi connectivity index (χ4v) is 5.83. The Hall–Kier alpha value is -3.24. The maximum absolute atomic E-state index is 13.1. The molecule has 3 aromatic rings. The van der Waals surface area contributed by atoms with Crippen LogP contribution in [0.15, 0.2) is 53.4 Å². The number of thiazole rings is 1. The lowest BCUT2D eigenvalue weighted by Gasteiger charge is -2.19. The largest absolute Gasteiger partial charge is 0.462 e. The summed E-state index contributed by atoms with van der Waals surface area (Å²) in [7, 11) is -3.73. The number of para-hydroxylation sites is 1. The van der Waals surface area contributed by atoms with Gasteiger partial charge in [0, 0.05) is 12.1 Å². The molecule has 10 heteroatoms. The molecule has 0 bridgehead atoms. The summed E-state index contributed by atoms with van der Waals surface area (Å²) in [5, 5.41) is 2.91. The lowest BCUT2D eigenvalue weighted by atomic mass is 10.2. The van der Waals surface area contributed by atoms with Crippen molar-refractivity contribution in [3.8, 4) is 0 Å². The summed E-state index contributed by atoms with van der Waals surface area (Å²) >= 11 is 1.03. The first-order valence-electron chi connectivity index (χ1n) is 9.98. The first kappa shape index (κ1) is 22.0. The number of esters is 1. The highest BCUT2D eigenvalue weighted by atomic mass is 32.2. The third kappa shape index (κ3) is 4.11. The van der Waals surface area contributed by atoms with Crippen LogP contribution in [0.2, 0.25) is 0 Å². The van der Waals surface area contributed by atoms with Crippen molar-refractivity contribution in [2.24, 2.45) is 0 Å². The lowest BCUT2D eigenvalue weighted by molar-refractivity contribution is 0.0531. The number of carbonyl (C=O) groups is 2. The van der Waals surface area contributed by atoms with Gasteiger partial charge in [-0.15, -0.1) is 0 Å². The number of anilines is 2. The molecule has 0 fully saturated rings. The minimum Gasteiger partial charge on any atom is -0.462 e. The molecule has 0 radical (unpaired) electrons. The standard InChI is InChI=1S/C22H21N3O5S2/c1-3-30-21(27)19-14(2)23-22(31-19)24-20(26)16-8-10-17(11-9-16)32(28,29)25-13-12-15-6-4-5-7-18(15)25/h4-11H,3,12-13H2,1-2H3,(H,23,24,26). The fraction of sp³-hybridized carbons (Fsp3) is 0.227. The smallest absolute Gasteiger partial charge is 0.350 e. The van der Waals surface area contributed by atoms with Gasteiger partial charge in [0.2, 0.25) is 0 Å². The van der Waals surface area contributed by atoms with Gasteiger partial charge in [0.1, 0.15) is 4.88 Å². The van der Waals surface area contributed by atoms with Crippen LogP contribution in [-0.2, 0) is 21.2 Å². The van der Waals surface area contributed by atoms with Crippen LogP contribution < -0.4 is 9.62 Å². The normalized spacial score (nSPS) is 13.0. The van der Waals surface area contributed by atoms with Gasteiger partial charge in [0.05, 0.1) is 22.9 Å². The lowest BCUT2D eigenvalue weighted by Crippen LogP contribution is -2.29. The van der Waals surface area contributed by atoms with Crippen molar-refractivity contribution in [3.05, 3.63) is 70.2 Å². The maximum Gasteiger partial charge on any atom is 0.350 e. The summed E-state index contributed by atoms with van der Waals surface area (Å²) in [5.74, 6) is -0.939. The van der Waals surface area contributed by atoms with Crippen molar-refractivity contribution in [3.63, 3.8) is 0 Å². The summed E-state index contributed by atoms with van der Waals surface area (Å²) in [6.07, 6.45) is 0.664. The van der Waals surface area contributed by atoms with Gasteiger partial charge in [-0.2, -0.15) is 0 Å². The average molecular weight is 472 g/mol. The van der Waals surface area contributed by atoms with E-state index in [1.165, 1.54) is 28.6 Å². The Labute approximate surface area is 189 Å². The molecular formula is C22H21N3O5S2. The first-order chi connectivity index (χ1) is 15.3. The molecule has 166 valence electrons. The Morgan fingerprint density at radius 2 is 1.88 bits per heavy atom. The summed E-state index contributed by atoms with van der Waals surface area (Å²) in [6.45, 7) is 4.00. The van der Waals surface area contributed by atoms with Crippen LogP contribution >= 0.6 is 11.3 Å². The number of hydrogen-bond acceptors (Lipinski definition) is 7. The summed E-state index contributed by atoms with van der Waals surface area (Å²) in [6, 6.07) is 13.2. The van der Waals surface area contributed by atoms with E-state index in [2.05, 4.69) is 10.3 Å². The predicted molar refractivity (Wildman–Crippen MR) is 122 cm³/mol. The first-order valence-corrected chi connectivity index (χ1v) is 12.2. The molecule has 1 amide bonds. The molecule has 0 atom stereocenters. The molecule has 0 saturated heterocycles. The molecule has 1 aliphatic heterocycles. The number of benzene rings is 2. The van der Waals surface area contributed by atoms with Crippen molar-refractivity contribution < 1.29 is 22.7 Å². The molecule has 0 spiro atoms. The zero-order valence-electron chi connectivity index (χ0n) is 17.5. The minimum absolute atomic E-state index is 0.112. The minimum atomic E-state index is -3.73. The van der Waals surface area contributed by atoms with E-state index < -0.39 is 21.9 Å². The molecular weight excluding hydrogens is 450 g/mol. The van der Waals surface area contributed by atoms with Crippen molar-refractivity contribution in [1.82, 2.24) is 4.98 Å². The Bertz CT molecular complexity index is 1280. The van der Waals surface area contributed by atoms with Crippen LogP contribution in [0.4, 0.5) is 10.8 Å². The Balaban J connectivity index is 1.50. The highest BCUT2D eigenvalue weighted by Gasteiger charge is 2.30. The van der Waals surface area contributed by atoms with Crippen LogP contribution in [-0.4, -0.2) is 38.4 Å². The van der Waals surface area contributed by atoms with Gasteiger partial charge >= 0.3 is 5.97 Å². The maximum atomic E-state index is 13.1. The number of nitrogens with one attached hydrogen (secondary N) is 1. The van der Waals surface area contributed by atoms with Gasteiger partial charge in [-0.3, -0.25) is 14.4 Å². The SMILES string of the molecule is CCOC(=O)c1sc(NC(=O)c2ccc(S(=O)(=O)N3CCc4ccccc43)cc2)nc1C. The quantitative estimate of drug-likeness (QED) is 0.551. The van der Waals surface area contributed by atoms with Crippen molar-refractivity contribution in [1.29, 1.82) is 0 Å². The zero-order valence-corrected chi connectivity index (χ0v) is 19.1. The van der Waals surface area contributed by atoms with Gasteiger partial charge in [-0.25, -0.2) is 18.2 Å². The number of amides is 1. The highest BCUT2D eigenvalue weighted by molar-refractivity contribution is 7.92. The zero-order chi connectivity index (χ0) is 22.9.